The summed E-state index contributed by atoms with van der Waals surface area (Å²) in [6, 6.07) is 24.7. The highest BCUT2D eigenvalue weighted by Crippen LogP contribution is 2.32. The second kappa shape index (κ2) is 8.46. The van der Waals surface area contributed by atoms with E-state index < -0.39 is 5.91 Å². The Labute approximate surface area is 213 Å². The van der Waals surface area contributed by atoms with Crippen molar-refractivity contribution < 1.29 is 4.79 Å². The zero-order chi connectivity index (χ0) is 25.0. The van der Waals surface area contributed by atoms with Crippen molar-refractivity contribution in [2.75, 3.05) is 0 Å². The van der Waals surface area contributed by atoms with Crippen LogP contribution in [0, 0.1) is 26.2 Å². The Morgan fingerprint density at radius 3 is 2.53 bits per heavy atom. The van der Waals surface area contributed by atoms with Gasteiger partial charge in [0.1, 0.15) is 5.04 Å². The predicted molar refractivity (Wildman–Crippen MR) is 148 cm³/mol. The van der Waals surface area contributed by atoms with E-state index in [1.54, 1.807) is 6.08 Å². The quantitative estimate of drug-likeness (QED) is 0.347. The number of thioether (sulfide) groups is 1. The first-order valence-corrected chi connectivity index (χ1v) is 12.5. The van der Waals surface area contributed by atoms with Crippen LogP contribution in [0.5, 0.6) is 0 Å². The number of hydrogen-bond acceptors (Lipinski definition) is 4. The molecule has 4 aromatic rings. The fourth-order valence-corrected chi connectivity index (χ4v) is 5.58. The Bertz CT molecular complexity index is 1690. The average Bonchev–Trinajstić information content (AvgIpc) is 3.41. The molecule has 3 heterocycles. The number of nitrogens with one attached hydrogen (secondary N) is 1. The highest BCUT2D eigenvalue weighted by molar-refractivity contribution is 8.27. The SMILES string of the molecule is Cc1cccc(C2=NN3C(=N)/C(=C\c4cc(C)n(-c5ccc6ccccc6c5)c4C)C(=O)N=C3S2)c1. The zero-order valence-electron chi connectivity index (χ0n) is 20.1. The second-order valence-electron chi connectivity index (χ2n) is 8.99. The van der Waals surface area contributed by atoms with E-state index in [0.29, 0.717) is 5.17 Å². The molecule has 0 aliphatic carbocycles. The maximum Gasteiger partial charge on any atom is 0.283 e. The number of hydrazone groups is 1. The molecule has 6 nitrogen and oxygen atoms in total. The van der Waals surface area contributed by atoms with Crippen molar-refractivity contribution in [3.8, 4) is 5.69 Å². The molecule has 2 aliphatic heterocycles. The number of benzene rings is 3. The van der Waals surface area contributed by atoms with Crippen LogP contribution in [0.15, 0.2) is 88.5 Å². The average molecular weight is 490 g/mol. The molecular formula is C29H23N5OS. The van der Waals surface area contributed by atoms with Crippen LogP contribution in [-0.4, -0.2) is 31.5 Å². The normalized spacial score (nSPS) is 16.5. The van der Waals surface area contributed by atoms with Gasteiger partial charge in [0.25, 0.3) is 5.91 Å². The molecule has 36 heavy (non-hydrogen) atoms. The lowest BCUT2D eigenvalue weighted by molar-refractivity contribution is -0.114. The van der Waals surface area contributed by atoms with Crippen LogP contribution < -0.4 is 0 Å². The molecule has 0 saturated heterocycles. The van der Waals surface area contributed by atoms with E-state index in [1.165, 1.54) is 27.5 Å². The number of carbonyl (C=O) groups is 1. The van der Waals surface area contributed by atoms with E-state index >= 15 is 0 Å². The number of nitrogens with zero attached hydrogens (tertiary/aromatic N) is 4. The highest BCUT2D eigenvalue weighted by Gasteiger charge is 2.36. The molecule has 176 valence electrons. The van der Waals surface area contributed by atoms with Gasteiger partial charge in [-0.25, -0.2) is 0 Å². The molecule has 0 radical (unpaired) electrons. The molecular weight excluding hydrogens is 466 g/mol. The van der Waals surface area contributed by atoms with Gasteiger partial charge in [0.2, 0.25) is 5.17 Å². The summed E-state index contributed by atoms with van der Waals surface area (Å²) in [5.41, 5.74) is 6.27. The number of aliphatic imine (C=N–C) groups is 1. The van der Waals surface area contributed by atoms with Crippen molar-refractivity contribution in [2.24, 2.45) is 10.1 Å². The molecule has 6 rings (SSSR count). The van der Waals surface area contributed by atoms with Gasteiger partial charge >= 0.3 is 0 Å². The molecule has 2 aliphatic rings. The van der Waals surface area contributed by atoms with E-state index in [2.05, 4.69) is 45.0 Å². The number of carbonyl (C=O) groups excluding carboxylic acids is 1. The number of amidine groups is 2. The molecule has 7 heteroatoms. The predicted octanol–water partition coefficient (Wildman–Crippen LogP) is 6.22. The minimum absolute atomic E-state index is 0.0376. The van der Waals surface area contributed by atoms with Crippen molar-refractivity contribution in [3.63, 3.8) is 0 Å². The van der Waals surface area contributed by atoms with Gasteiger partial charge in [0.15, 0.2) is 5.84 Å². The van der Waals surface area contributed by atoms with Gasteiger partial charge < -0.3 is 4.57 Å². The highest BCUT2D eigenvalue weighted by atomic mass is 32.2. The first kappa shape index (κ1) is 22.2. The van der Waals surface area contributed by atoms with Gasteiger partial charge in [-0.1, -0.05) is 54.1 Å². The van der Waals surface area contributed by atoms with E-state index in [9.17, 15) is 4.79 Å². The number of aryl methyl sites for hydroxylation is 2. The topological polar surface area (TPSA) is 73.8 Å². The number of amides is 1. The second-order valence-corrected chi connectivity index (χ2v) is 9.94. The standard InChI is InChI=1S/C29H23N5OS/c1-17-7-6-10-22(13-17)28-32-34-26(30)25(27(35)31-29(34)36-28)16-23-14-18(2)33(19(23)3)24-12-11-20-8-4-5-9-21(20)15-24/h4-16,30H,1-3H3/b25-16+,30-26?. The first-order chi connectivity index (χ1) is 17.4. The van der Waals surface area contributed by atoms with Crippen LogP contribution in [0.25, 0.3) is 22.5 Å². The van der Waals surface area contributed by atoms with Crippen LogP contribution in [-0.2, 0) is 4.79 Å². The monoisotopic (exact) mass is 489 g/mol. The number of hydrogen-bond donors (Lipinski definition) is 1. The number of rotatable bonds is 3. The minimum atomic E-state index is -0.421. The van der Waals surface area contributed by atoms with Crippen molar-refractivity contribution in [1.29, 1.82) is 5.41 Å². The van der Waals surface area contributed by atoms with Gasteiger partial charge in [0, 0.05) is 22.6 Å². The van der Waals surface area contributed by atoms with E-state index in [4.69, 9.17) is 5.41 Å². The molecule has 0 fully saturated rings. The molecule has 0 bridgehead atoms. The summed E-state index contributed by atoms with van der Waals surface area (Å²) in [7, 11) is 0. The third kappa shape index (κ3) is 3.69. The van der Waals surface area contributed by atoms with Crippen LogP contribution in [0.2, 0.25) is 0 Å². The maximum atomic E-state index is 13.0. The van der Waals surface area contributed by atoms with Crippen molar-refractivity contribution in [3.05, 3.63) is 106 Å². The van der Waals surface area contributed by atoms with Crippen LogP contribution in [0.4, 0.5) is 0 Å². The largest absolute Gasteiger partial charge is 0.318 e. The third-order valence-electron chi connectivity index (χ3n) is 6.48. The molecule has 0 spiro atoms. The van der Waals surface area contributed by atoms with Gasteiger partial charge in [-0.2, -0.15) is 15.1 Å². The van der Waals surface area contributed by atoms with Gasteiger partial charge in [-0.3, -0.25) is 10.2 Å². The summed E-state index contributed by atoms with van der Waals surface area (Å²) < 4.78 is 2.17. The summed E-state index contributed by atoms with van der Waals surface area (Å²) in [4.78, 5) is 17.2. The molecule has 0 atom stereocenters. The van der Waals surface area contributed by atoms with Gasteiger partial charge in [-0.15, -0.1) is 0 Å². The van der Waals surface area contributed by atoms with Crippen LogP contribution in [0.1, 0.15) is 28.1 Å². The van der Waals surface area contributed by atoms with Crippen LogP contribution in [0.3, 0.4) is 0 Å². The van der Waals surface area contributed by atoms with Crippen molar-refractivity contribution >= 4 is 50.6 Å². The Kier molecular flexibility index (Phi) is 5.23. The van der Waals surface area contributed by atoms with Crippen LogP contribution >= 0.6 is 11.8 Å². The van der Waals surface area contributed by atoms with Crippen molar-refractivity contribution in [2.45, 2.75) is 20.8 Å². The first-order valence-electron chi connectivity index (χ1n) is 11.6. The molecule has 3 aromatic carbocycles. The molecule has 0 saturated carbocycles. The third-order valence-corrected chi connectivity index (χ3v) is 7.44. The summed E-state index contributed by atoms with van der Waals surface area (Å²) in [6.45, 7) is 6.10. The fourth-order valence-electron chi connectivity index (χ4n) is 4.69. The maximum absolute atomic E-state index is 13.0. The van der Waals surface area contributed by atoms with E-state index in [0.717, 1.165) is 38.8 Å². The molecule has 1 amide bonds. The Morgan fingerprint density at radius 1 is 0.917 bits per heavy atom. The smallest absolute Gasteiger partial charge is 0.283 e. The zero-order valence-corrected chi connectivity index (χ0v) is 20.9. The fraction of sp³-hybridized carbons (Fsp3) is 0.103. The lowest BCUT2D eigenvalue weighted by Gasteiger charge is -2.20. The van der Waals surface area contributed by atoms with E-state index in [1.807, 2.05) is 63.2 Å². The lowest BCUT2D eigenvalue weighted by atomic mass is 10.1. The Balaban J connectivity index is 1.37. The summed E-state index contributed by atoms with van der Waals surface area (Å²) in [5, 5.41) is 18.3. The van der Waals surface area contributed by atoms with Gasteiger partial charge in [0.05, 0.1) is 5.57 Å². The Morgan fingerprint density at radius 2 is 1.72 bits per heavy atom. The molecule has 1 aromatic heterocycles. The van der Waals surface area contributed by atoms with E-state index in [-0.39, 0.29) is 11.4 Å². The van der Waals surface area contributed by atoms with Gasteiger partial charge in [-0.05, 0) is 79.2 Å². The lowest BCUT2D eigenvalue weighted by Crippen LogP contribution is -2.35. The number of fused-ring (bicyclic) bond motifs is 2. The van der Waals surface area contributed by atoms with Crippen molar-refractivity contribution in [1.82, 2.24) is 9.58 Å². The number of aromatic nitrogens is 1. The summed E-state index contributed by atoms with van der Waals surface area (Å²) in [6.07, 6.45) is 1.76. The Hall–Kier alpha value is -4.23. The minimum Gasteiger partial charge on any atom is -0.318 e. The molecule has 0 unspecified atom stereocenters. The summed E-state index contributed by atoms with van der Waals surface area (Å²) in [5.74, 6) is -0.384. The molecule has 1 N–H and O–H groups in total. The summed E-state index contributed by atoms with van der Waals surface area (Å²) >= 11 is 1.31.